The van der Waals surface area contributed by atoms with Gasteiger partial charge in [-0.25, -0.2) is 0 Å². The summed E-state index contributed by atoms with van der Waals surface area (Å²) in [6.45, 7) is 2.67. The number of nitrogens with one attached hydrogen (secondary N) is 1. The number of rotatable bonds is 5. The summed E-state index contributed by atoms with van der Waals surface area (Å²) in [5.74, 6) is 0.901. The summed E-state index contributed by atoms with van der Waals surface area (Å²) in [5, 5.41) is 10.3. The molecule has 0 bridgehead atoms. The first-order valence-electron chi connectivity index (χ1n) is 7.22. The van der Waals surface area contributed by atoms with Crippen LogP contribution >= 0.6 is 0 Å². The summed E-state index contributed by atoms with van der Waals surface area (Å²) < 4.78 is 5.46. The molecule has 0 spiro atoms. The lowest BCUT2D eigenvalue weighted by Crippen LogP contribution is -1.90. The van der Waals surface area contributed by atoms with E-state index < -0.39 is 0 Å². The molecule has 4 nitrogen and oxygen atoms in total. The Morgan fingerprint density at radius 1 is 0.955 bits per heavy atom. The molecule has 4 heteroatoms. The minimum absolute atomic E-state index is 0.686. The molecule has 2 aromatic carbocycles. The van der Waals surface area contributed by atoms with Gasteiger partial charge in [0, 0.05) is 0 Å². The Hall–Kier alpha value is -2.88. The molecule has 1 aromatic heterocycles. The van der Waals surface area contributed by atoms with Crippen LogP contribution in [0, 0.1) is 0 Å². The fraction of sp³-hybridized carbons (Fsp3) is 0.111. The predicted octanol–water partition coefficient (Wildman–Crippen LogP) is 4.04. The highest BCUT2D eigenvalue weighted by Crippen LogP contribution is 2.23. The normalized spacial score (nSPS) is 11.0. The van der Waals surface area contributed by atoms with E-state index >= 15 is 0 Å². The fourth-order valence-electron chi connectivity index (χ4n) is 2.17. The quantitative estimate of drug-likeness (QED) is 0.771. The van der Waals surface area contributed by atoms with Crippen LogP contribution in [0.4, 0.5) is 0 Å². The predicted molar refractivity (Wildman–Crippen MR) is 88.4 cm³/mol. The minimum atomic E-state index is 0.686. The van der Waals surface area contributed by atoms with Gasteiger partial charge in [0.15, 0.2) is 0 Å². The zero-order valence-electron chi connectivity index (χ0n) is 12.4. The molecule has 22 heavy (non-hydrogen) atoms. The largest absolute Gasteiger partial charge is 0.494 e. The highest BCUT2D eigenvalue weighted by molar-refractivity contribution is 5.71. The van der Waals surface area contributed by atoms with E-state index in [4.69, 9.17) is 4.74 Å². The standard InChI is InChI=1S/C18H17N3O/c1-2-22-18-11-8-16(9-12-18)15-6-3-14(4-7-15)5-10-17-13-19-21-20-17/h3-13H,2H2,1H3,(H,19,20,21). The van der Waals surface area contributed by atoms with Gasteiger partial charge in [0.2, 0.25) is 0 Å². The fourth-order valence-corrected chi connectivity index (χ4v) is 2.17. The van der Waals surface area contributed by atoms with Gasteiger partial charge >= 0.3 is 0 Å². The van der Waals surface area contributed by atoms with Gasteiger partial charge in [-0.15, -0.1) is 0 Å². The zero-order valence-corrected chi connectivity index (χ0v) is 12.4. The number of ether oxygens (including phenoxy) is 1. The van der Waals surface area contributed by atoms with Gasteiger partial charge in [0.1, 0.15) is 11.4 Å². The number of aromatic amines is 1. The molecule has 110 valence electrons. The van der Waals surface area contributed by atoms with E-state index in [9.17, 15) is 0 Å². The van der Waals surface area contributed by atoms with Crippen molar-refractivity contribution >= 4 is 12.2 Å². The molecule has 1 N–H and O–H groups in total. The lowest BCUT2D eigenvalue weighted by atomic mass is 10.0. The van der Waals surface area contributed by atoms with E-state index in [1.807, 2.05) is 31.2 Å². The highest BCUT2D eigenvalue weighted by atomic mass is 16.5. The highest BCUT2D eigenvalue weighted by Gasteiger charge is 1.99. The molecule has 0 saturated heterocycles. The van der Waals surface area contributed by atoms with Gasteiger partial charge < -0.3 is 4.74 Å². The molecule has 0 aliphatic heterocycles. The van der Waals surface area contributed by atoms with Crippen molar-refractivity contribution in [1.82, 2.24) is 15.4 Å². The first kappa shape index (κ1) is 14.1. The van der Waals surface area contributed by atoms with Crippen LogP contribution < -0.4 is 4.74 Å². The summed E-state index contributed by atoms with van der Waals surface area (Å²) >= 11 is 0. The molecule has 0 amide bonds. The Morgan fingerprint density at radius 3 is 2.23 bits per heavy atom. The van der Waals surface area contributed by atoms with Gasteiger partial charge in [0.05, 0.1) is 12.8 Å². The monoisotopic (exact) mass is 291 g/mol. The zero-order chi connectivity index (χ0) is 15.2. The average Bonchev–Trinajstić information content (AvgIpc) is 3.08. The second-order valence-corrected chi connectivity index (χ2v) is 4.81. The Kier molecular flexibility index (Phi) is 4.30. The van der Waals surface area contributed by atoms with Crippen molar-refractivity contribution in [3.63, 3.8) is 0 Å². The molecule has 3 rings (SSSR count). The Morgan fingerprint density at radius 2 is 1.64 bits per heavy atom. The van der Waals surface area contributed by atoms with E-state index in [0.717, 1.165) is 17.0 Å². The van der Waals surface area contributed by atoms with E-state index in [-0.39, 0.29) is 0 Å². The first-order chi connectivity index (χ1) is 10.8. The van der Waals surface area contributed by atoms with Crippen LogP contribution in [0.5, 0.6) is 5.75 Å². The average molecular weight is 291 g/mol. The lowest BCUT2D eigenvalue weighted by molar-refractivity contribution is 0.340. The lowest BCUT2D eigenvalue weighted by Gasteiger charge is -2.05. The van der Waals surface area contributed by atoms with E-state index in [0.29, 0.717) is 6.61 Å². The molecular formula is C18H17N3O. The second kappa shape index (κ2) is 6.72. The van der Waals surface area contributed by atoms with Gasteiger partial charge in [0.25, 0.3) is 0 Å². The topological polar surface area (TPSA) is 50.8 Å². The second-order valence-electron chi connectivity index (χ2n) is 4.81. The van der Waals surface area contributed by atoms with Crippen LogP contribution in [0.25, 0.3) is 23.3 Å². The number of hydrogen-bond donors (Lipinski definition) is 1. The maximum absolute atomic E-state index is 5.46. The summed E-state index contributed by atoms with van der Waals surface area (Å²) in [7, 11) is 0. The third kappa shape index (κ3) is 3.41. The summed E-state index contributed by atoms with van der Waals surface area (Å²) in [6, 6.07) is 16.5. The molecule has 0 saturated carbocycles. The van der Waals surface area contributed by atoms with Crippen molar-refractivity contribution in [2.45, 2.75) is 6.92 Å². The molecule has 0 atom stereocenters. The van der Waals surface area contributed by atoms with Gasteiger partial charge in [-0.2, -0.15) is 15.4 Å². The van der Waals surface area contributed by atoms with Crippen molar-refractivity contribution in [1.29, 1.82) is 0 Å². The molecular weight excluding hydrogens is 274 g/mol. The van der Waals surface area contributed by atoms with Gasteiger partial charge in [-0.1, -0.05) is 42.5 Å². The van der Waals surface area contributed by atoms with Gasteiger partial charge in [-0.05, 0) is 41.8 Å². The molecule has 0 aliphatic carbocycles. The summed E-state index contributed by atoms with van der Waals surface area (Å²) in [5.41, 5.74) is 4.30. The Bertz CT molecular complexity index is 729. The number of benzene rings is 2. The summed E-state index contributed by atoms with van der Waals surface area (Å²) in [6.07, 6.45) is 5.63. The Labute approximate surface area is 129 Å². The maximum atomic E-state index is 5.46. The van der Waals surface area contributed by atoms with E-state index in [1.54, 1.807) is 6.20 Å². The van der Waals surface area contributed by atoms with Gasteiger partial charge in [-0.3, -0.25) is 0 Å². The molecule has 0 radical (unpaired) electrons. The van der Waals surface area contributed by atoms with Crippen molar-refractivity contribution in [3.8, 4) is 16.9 Å². The van der Waals surface area contributed by atoms with Crippen LogP contribution in [0.3, 0.4) is 0 Å². The van der Waals surface area contributed by atoms with Crippen molar-refractivity contribution in [2.75, 3.05) is 6.61 Å². The summed E-state index contributed by atoms with van der Waals surface area (Å²) in [4.78, 5) is 0. The Balaban J connectivity index is 1.73. The number of hydrogen-bond acceptors (Lipinski definition) is 3. The molecule has 0 unspecified atom stereocenters. The molecule has 3 aromatic rings. The minimum Gasteiger partial charge on any atom is -0.494 e. The van der Waals surface area contributed by atoms with Crippen molar-refractivity contribution < 1.29 is 4.74 Å². The van der Waals surface area contributed by atoms with Crippen LogP contribution in [0.2, 0.25) is 0 Å². The van der Waals surface area contributed by atoms with Crippen molar-refractivity contribution in [3.05, 3.63) is 66.0 Å². The number of nitrogens with zero attached hydrogens (tertiary/aromatic N) is 2. The maximum Gasteiger partial charge on any atom is 0.119 e. The van der Waals surface area contributed by atoms with E-state index in [2.05, 4.69) is 51.8 Å². The molecule has 0 aliphatic rings. The number of H-pyrrole nitrogens is 1. The SMILES string of the molecule is CCOc1ccc(-c2ccc(C=Cc3cn[nH]n3)cc2)cc1. The van der Waals surface area contributed by atoms with Crippen molar-refractivity contribution in [2.24, 2.45) is 0 Å². The number of aromatic nitrogens is 3. The van der Waals surface area contributed by atoms with Crippen LogP contribution in [-0.2, 0) is 0 Å². The van der Waals surface area contributed by atoms with Crippen LogP contribution in [0.1, 0.15) is 18.2 Å². The molecule has 0 fully saturated rings. The smallest absolute Gasteiger partial charge is 0.119 e. The molecule has 1 heterocycles. The third-order valence-electron chi connectivity index (χ3n) is 3.29. The van der Waals surface area contributed by atoms with E-state index in [1.165, 1.54) is 11.1 Å². The third-order valence-corrected chi connectivity index (χ3v) is 3.29. The first-order valence-corrected chi connectivity index (χ1v) is 7.22. The van der Waals surface area contributed by atoms with Crippen LogP contribution in [-0.4, -0.2) is 22.0 Å². The van der Waals surface area contributed by atoms with Crippen LogP contribution in [0.15, 0.2) is 54.7 Å².